The summed E-state index contributed by atoms with van der Waals surface area (Å²) in [6.45, 7) is 0. The topological polar surface area (TPSA) is 46.5 Å². The molecule has 3 heterocycles. The predicted molar refractivity (Wildman–Crippen MR) is 84.1 cm³/mol. The Hall–Kier alpha value is -0.790. The van der Waals surface area contributed by atoms with Gasteiger partial charge in [0.15, 0.2) is 0 Å². The van der Waals surface area contributed by atoms with Crippen LogP contribution in [0.4, 0.5) is 0 Å². The van der Waals surface area contributed by atoms with Gasteiger partial charge in [0.2, 0.25) is 0 Å². The van der Waals surface area contributed by atoms with Crippen molar-refractivity contribution < 1.29 is 0 Å². The molecule has 19 heavy (non-hydrogen) atoms. The van der Waals surface area contributed by atoms with Gasteiger partial charge < -0.3 is 4.98 Å². The molecule has 2 aromatic rings. The second-order valence-electron chi connectivity index (χ2n) is 4.36. The van der Waals surface area contributed by atoms with Crippen LogP contribution in [-0.4, -0.2) is 37.0 Å². The Kier molecular flexibility index (Phi) is 3.95. The number of thioether (sulfide) groups is 2. The van der Waals surface area contributed by atoms with Crippen molar-refractivity contribution >= 4 is 35.7 Å². The number of nitrogens with one attached hydrogen (secondary N) is 1. The molecule has 3 rings (SSSR count). The van der Waals surface area contributed by atoms with Crippen LogP contribution in [0.3, 0.4) is 0 Å². The molecule has 1 fully saturated rings. The Bertz CT molecular complexity index is 628. The predicted octanol–water partition coefficient (Wildman–Crippen LogP) is 3.06. The standard InChI is InChI=1S/C12H14N4S3/c1-16-6-8(5-13-16)9-4-11(17)15-12(14-9)10-7-18-2-3-19-10/h4-6,10H,2-3,7H2,1H3,(H,14,15,17). The van der Waals surface area contributed by atoms with E-state index in [0.29, 0.717) is 9.89 Å². The van der Waals surface area contributed by atoms with E-state index >= 15 is 0 Å². The number of rotatable bonds is 2. The molecule has 1 unspecified atom stereocenters. The maximum absolute atomic E-state index is 5.29. The largest absolute Gasteiger partial charge is 0.342 e. The summed E-state index contributed by atoms with van der Waals surface area (Å²) in [5.41, 5.74) is 2.05. The molecule has 0 amide bonds. The molecule has 0 radical (unpaired) electrons. The normalized spacial score (nSPS) is 19.5. The van der Waals surface area contributed by atoms with Gasteiger partial charge in [-0.25, -0.2) is 4.98 Å². The van der Waals surface area contributed by atoms with Gasteiger partial charge in [0, 0.05) is 36.1 Å². The lowest BCUT2D eigenvalue weighted by Gasteiger charge is -2.20. The lowest BCUT2D eigenvalue weighted by molar-refractivity contribution is 0.768. The molecule has 1 saturated heterocycles. The van der Waals surface area contributed by atoms with E-state index in [-0.39, 0.29) is 0 Å². The van der Waals surface area contributed by atoms with Crippen LogP contribution < -0.4 is 0 Å². The van der Waals surface area contributed by atoms with Crippen LogP contribution in [0.15, 0.2) is 18.5 Å². The number of aryl methyl sites for hydroxylation is 1. The molecule has 2 aromatic heterocycles. The van der Waals surface area contributed by atoms with E-state index in [1.165, 1.54) is 11.5 Å². The van der Waals surface area contributed by atoms with Crippen LogP contribution in [0.1, 0.15) is 11.1 Å². The average molecular weight is 310 g/mol. The fourth-order valence-corrected chi connectivity index (χ4v) is 4.83. The van der Waals surface area contributed by atoms with Gasteiger partial charge in [0.1, 0.15) is 10.5 Å². The van der Waals surface area contributed by atoms with Gasteiger partial charge in [-0.1, -0.05) is 12.2 Å². The monoisotopic (exact) mass is 310 g/mol. The Morgan fingerprint density at radius 3 is 3.05 bits per heavy atom. The molecule has 1 aliphatic heterocycles. The molecule has 1 N–H and O–H groups in total. The second kappa shape index (κ2) is 5.68. The van der Waals surface area contributed by atoms with E-state index in [0.717, 1.165) is 22.8 Å². The molecule has 0 bridgehead atoms. The maximum atomic E-state index is 5.29. The summed E-state index contributed by atoms with van der Waals surface area (Å²) in [5, 5.41) is 4.61. The third-order valence-corrected chi connectivity index (χ3v) is 5.87. The quantitative estimate of drug-likeness (QED) is 0.864. The zero-order valence-corrected chi connectivity index (χ0v) is 12.9. The molecule has 7 heteroatoms. The fraction of sp³-hybridized carbons (Fsp3) is 0.417. The van der Waals surface area contributed by atoms with Crippen LogP contribution in [0.5, 0.6) is 0 Å². The summed E-state index contributed by atoms with van der Waals surface area (Å²) in [6.07, 6.45) is 3.82. The number of hydrogen-bond acceptors (Lipinski definition) is 5. The van der Waals surface area contributed by atoms with Crippen LogP contribution in [0.25, 0.3) is 11.3 Å². The number of aromatic nitrogens is 4. The van der Waals surface area contributed by atoms with Crippen molar-refractivity contribution in [3.8, 4) is 11.3 Å². The van der Waals surface area contributed by atoms with E-state index in [9.17, 15) is 0 Å². The Morgan fingerprint density at radius 2 is 2.37 bits per heavy atom. The van der Waals surface area contributed by atoms with Crippen LogP contribution in [0.2, 0.25) is 0 Å². The number of hydrogen-bond donors (Lipinski definition) is 1. The van der Waals surface area contributed by atoms with Crippen LogP contribution in [-0.2, 0) is 7.05 Å². The second-order valence-corrected chi connectivity index (χ2v) is 7.23. The highest BCUT2D eigenvalue weighted by Gasteiger charge is 2.19. The highest BCUT2D eigenvalue weighted by molar-refractivity contribution is 8.06. The third-order valence-electron chi connectivity index (χ3n) is 2.90. The highest BCUT2D eigenvalue weighted by Crippen LogP contribution is 2.35. The van der Waals surface area contributed by atoms with E-state index in [1.54, 1.807) is 4.68 Å². The zero-order valence-electron chi connectivity index (χ0n) is 10.5. The summed E-state index contributed by atoms with van der Waals surface area (Å²) < 4.78 is 2.43. The Morgan fingerprint density at radius 1 is 1.47 bits per heavy atom. The van der Waals surface area contributed by atoms with Gasteiger partial charge in [-0.3, -0.25) is 4.68 Å². The van der Waals surface area contributed by atoms with Crippen molar-refractivity contribution in [3.05, 3.63) is 28.9 Å². The van der Waals surface area contributed by atoms with Crippen molar-refractivity contribution in [1.29, 1.82) is 0 Å². The molecule has 0 saturated carbocycles. The first-order valence-electron chi connectivity index (χ1n) is 6.02. The third kappa shape index (κ3) is 3.04. The van der Waals surface area contributed by atoms with Crippen molar-refractivity contribution in [3.63, 3.8) is 0 Å². The van der Waals surface area contributed by atoms with Gasteiger partial charge in [-0.15, -0.1) is 11.8 Å². The summed E-state index contributed by atoms with van der Waals surface area (Å²) in [5.74, 6) is 4.49. The molecular weight excluding hydrogens is 296 g/mol. The minimum Gasteiger partial charge on any atom is -0.342 e. The Labute approximate surface area is 125 Å². The highest BCUT2D eigenvalue weighted by atomic mass is 32.2. The lowest BCUT2D eigenvalue weighted by atomic mass is 10.2. The zero-order chi connectivity index (χ0) is 13.2. The molecule has 0 aliphatic carbocycles. The Balaban J connectivity index is 1.98. The molecule has 1 aliphatic rings. The summed E-state index contributed by atoms with van der Waals surface area (Å²) in [6, 6.07) is 1.90. The summed E-state index contributed by atoms with van der Waals surface area (Å²) >= 11 is 9.22. The number of aromatic amines is 1. The smallest absolute Gasteiger partial charge is 0.130 e. The summed E-state index contributed by atoms with van der Waals surface area (Å²) in [7, 11) is 1.91. The summed E-state index contributed by atoms with van der Waals surface area (Å²) in [4.78, 5) is 7.91. The van der Waals surface area contributed by atoms with Crippen LogP contribution in [0, 0.1) is 4.64 Å². The van der Waals surface area contributed by atoms with E-state index in [2.05, 4.69) is 15.1 Å². The molecular formula is C12H14N4S3. The first-order chi connectivity index (χ1) is 9.22. The maximum Gasteiger partial charge on any atom is 0.130 e. The van der Waals surface area contributed by atoms with Crippen molar-refractivity contribution in [1.82, 2.24) is 19.7 Å². The van der Waals surface area contributed by atoms with Crippen molar-refractivity contribution in [2.75, 3.05) is 17.3 Å². The first kappa shape index (κ1) is 13.2. The van der Waals surface area contributed by atoms with E-state index in [1.807, 2.05) is 49.0 Å². The number of H-pyrrole nitrogens is 1. The first-order valence-corrected chi connectivity index (χ1v) is 8.63. The molecule has 4 nitrogen and oxygen atoms in total. The molecule has 0 aromatic carbocycles. The van der Waals surface area contributed by atoms with Gasteiger partial charge in [-0.05, 0) is 6.07 Å². The van der Waals surface area contributed by atoms with E-state index in [4.69, 9.17) is 12.2 Å². The molecule has 100 valence electrons. The van der Waals surface area contributed by atoms with Gasteiger partial charge >= 0.3 is 0 Å². The van der Waals surface area contributed by atoms with Crippen molar-refractivity contribution in [2.45, 2.75) is 5.25 Å². The molecule has 0 spiro atoms. The number of nitrogens with zero attached hydrogens (tertiary/aromatic N) is 3. The van der Waals surface area contributed by atoms with Gasteiger partial charge in [0.25, 0.3) is 0 Å². The van der Waals surface area contributed by atoms with Crippen LogP contribution >= 0.6 is 35.7 Å². The lowest BCUT2D eigenvalue weighted by Crippen LogP contribution is -2.10. The fourth-order valence-electron chi connectivity index (χ4n) is 1.99. The average Bonchev–Trinajstić information content (AvgIpc) is 2.86. The molecule has 1 atom stereocenters. The minimum atomic E-state index is 0.414. The SMILES string of the molecule is Cn1cc(-c2cc(=S)nc(C3CSCCS3)[nH]2)cn1. The minimum absolute atomic E-state index is 0.414. The van der Waals surface area contributed by atoms with Crippen molar-refractivity contribution in [2.24, 2.45) is 7.05 Å². The van der Waals surface area contributed by atoms with Gasteiger partial charge in [0.05, 0.1) is 17.1 Å². The van der Waals surface area contributed by atoms with Gasteiger partial charge in [-0.2, -0.15) is 16.9 Å². The van der Waals surface area contributed by atoms with E-state index < -0.39 is 0 Å².